The van der Waals surface area contributed by atoms with E-state index in [1.165, 1.54) is 30.6 Å². The number of ketones is 1. The van der Waals surface area contributed by atoms with Crippen LogP contribution in [0.1, 0.15) is 15.9 Å². The van der Waals surface area contributed by atoms with Crippen LogP contribution < -0.4 is 22.2 Å². The smallest absolute Gasteiger partial charge is 0.268 e. The number of benzene rings is 2. The molecule has 0 N–H and O–H groups in total. The second-order valence-corrected chi connectivity index (χ2v) is 9.06. The fourth-order valence-electron chi connectivity index (χ4n) is 4.07. The van der Waals surface area contributed by atoms with Crippen molar-refractivity contribution in [2.45, 2.75) is 0 Å². The lowest BCUT2D eigenvalue weighted by atomic mass is 9.95. The molecule has 4 aromatic heterocycles. The molecule has 0 unspecified atom stereocenters. The van der Waals surface area contributed by atoms with Crippen molar-refractivity contribution >= 4 is 50.0 Å². The first-order chi connectivity index (χ1) is 16.5. The topological polar surface area (TPSA) is 121 Å². The van der Waals surface area contributed by atoms with Crippen molar-refractivity contribution in [3.05, 3.63) is 112 Å². The highest BCUT2D eigenvalue weighted by atomic mass is 32.1. The minimum Gasteiger partial charge on any atom is -0.289 e. The van der Waals surface area contributed by atoms with E-state index in [2.05, 4.69) is 9.97 Å². The molecule has 34 heavy (non-hydrogen) atoms. The summed E-state index contributed by atoms with van der Waals surface area (Å²) < 4.78 is 1.72. The molecule has 6 aromatic rings. The van der Waals surface area contributed by atoms with Gasteiger partial charge in [-0.1, -0.05) is 30.3 Å². The van der Waals surface area contributed by atoms with Crippen LogP contribution in [0.2, 0.25) is 0 Å². The van der Waals surface area contributed by atoms with E-state index in [1.807, 2.05) is 0 Å². The quantitative estimate of drug-likeness (QED) is 0.350. The lowest BCUT2D eigenvalue weighted by Crippen LogP contribution is -2.24. The van der Waals surface area contributed by atoms with E-state index in [4.69, 9.17) is 0 Å². The van der Waals surface area contributed by atoms with Gasteiger partial charge in [0.1, 0.15) is 0 Å². The van der Waals surface area contributed by atoms with E-state index >= 15 is 0 Å². The Bertz CT molecular complexity index is 1830. The van der Waals surface area contributed by atoms with Gasteiger partial charge in [-0.3, -0.25) is 24.0 Å². The Balaban J connectivity index is 1.85. The molecule has 0 aliphatic heterocycles. The van der Waals surface area contributed by atoms with Crippen LogP contribution in [0, 0.1) is 0 Å². The molecule has 2 aromatic carbocycles. The average molecular weight is 486 g/mol. The van der Waals surface area contributed by atoms with Crippen molar-refractivity contribution in [1.29, 1.82) is 0 Å². The first kappa shape index (κ1) is 20.3. The molecule has 0 spiro atoms. The molecule has 0 saturated heterocycles. The lowest BCUT2D eigenvalue weighted by Gasteiger charge is -2.04. The molecule has 0 saturated carbocycles. The van der Waals surface area contributed by atoms with Gasteiger partial charge < -0.3 is 0 Å². The normalized spacial score (nSPS) is 11.5. The molecule has 0 bridgehead atoms. The van der Waals surface area contributed by atoms with Crippen LogP contribution in [0.5, 0.6) is 0 Å². The van der Waals surface area contributed by atoms with Gasteiger partial charge in [-0.15, -0.1) is 22.7 Å². The molecule has 11 heteroatoms. The summed E-state index contributed by atoms with van der Waals surface area (Å²) in [4.78, 5) is 75.2. The van der Waals surface area contributed by atoms with Gasteiger partial charge in [-0.05, 0) is 6.07 Å². The number of aromatic nitrogens is 4. The molecule has 0 aliphatic carbocycles. The van der Waals surface area contributed by atoms with Crippen LogP contribution in [0.3, 0.4) is 0 Å². The van der Waals surface area contributed by atoms with Gasteiger partial charge >= 0.3 is 0 Å². The first-order valence-electron chi connectivity index (χ1n) is 9.86. The third kappa shape index (κ3) is 2.68. The first-order valence-corrected chi connectivity index (χ1v) is 11.6. The summed E-state index contributed by atoms with van der Waals surface area (Å²) in [6.45, 7) is 0. The van der Waals surface area contributed by atoms with E-state index in [1.54, 1.807) is 29.0 Å². The van der Waals surface area contributed by atoms with E-state index in [-0.39, 0.29) is 42.9 Å². The zero-order valence-corrected chi connectivity index (χ0v) is 18.6. The van der Waals surface area contributed by atoms with Crippen molar-refractivity contribution in [3.63, 3.8) is 0 Å². The fraction of sp³-hybridized carbons (Fsp3) is 0. The van der Waals surface area contributed by atoms with E-state index < -0.39 is 28.0 Å². The summed E-state index contributed by atoms with van der Waals surface area (Å²) in [5.74, 6) is -0.641. The zero-order valence-electron chi connectivity index (χ0n) is 16.9. The molecule has 0 amide bonds. The van der Waals surface area contributed by atoms with Crippen LogP contribution in [0.15, 0.2) is 78.7 Å². The maximum atomic E-state index is 13.7. The maximum Gasteiger partial charge on any atom is 0.268 e. The molecule has 0 fully saturated rings. The van der Waals surface area contributed by atoms with Crippen LogP contribution in [-0.4, -0.2) is 24.9 Å². The van der Waals surface area contributed by atoms with Gasteiger partial charge in [0.15, 0.2) is 16.0 Å². The lowest BCUT2D eigenvalue weighted by molar-refractivity contribution is 0.104. The van der Waals surface area contributed by atoms with Crippen molar-refractivity contribution in [2.75, 3.05) is 0 Å². The van der Waals surface area contributed by atoms with Crippen LogP contribution >= 0.6 is 22.7 Å². The number of carbonyl (C=O) groups is 1. The minimum absolute atomic E-state index is 0.125. The van der Waals surface area contributed by atoms with Gasteiger partial charge in [-0.25, -0.2) is 19.1 Å². The third-order valence-electron chi connectivity index (χ3n) is 5.51. The van der Waals surface area contributed by atoms with Gasteiger partial charge in [0.25, 0.3) is 22.2 Å². The highest BCUT2D eigenvalue weighted by Crippen LogP contribution is 2.26. The van der Waals surface area contributed by atoms with Crippen molar-refractivity contribution in [3.8, 4) is 10.3 Å². The fourth-order valence-corrected chi connectivity index (χ4v) is 5.35. The summed E-state index contributed by atoms with van der Waals surface area (Å²) in [7, 11) is 0. The van der Waals surface area contributed by atoms with E-state index in [0.29, 0.717) is 0 Å². The molecule has 9 nitrogen and oxygen atoms in total. The number of hydrogen-bond donors (Lipinski definition) is 0. The Morgan fingerprint density at radius 1 is 0.706 bits per heavy atom. The summed E-state index contributed by atoms with van der Waals surface area (Å²) in [6.07, 6.45) is 2.89. The summed E-state index contributed by atoms with van der Waals surface area (Å²) >= 11 is 2.15. The van der Waals surface area contributed by atoms with E-state index in [0.717, 1.165) is 31.8 Å². The molecule has 0 radical (unpaired) electrons. The minimum atomic E-state index is -0.773. The third-order valence-corrected chi connectivity index (χ3v) is 7.03. The molecular formula is C23H10N4O5S2. The van der Waals surface area contributed by atoms with Crippen LogP contribution in [-0.2, 0) is 0 Å². The second kappa shape index (κ2) is 7.33. The summed E-state index contributed by atoms with van der Waals surface area (Å²) in [6, 6.07) is 9.28. The van der Waals surface area contributed by atoms with Crippen molar-refractivity contribution in [1.82, 2.24) is 19.1 Å². The number of fused-ring (bicyclic) bond motifs is 2. The maximum absolute atomic E-state index is 13.7. The molecule has 0 atom stereocenters. The monoisotopic (exact) mass is 486 g/mol. The van der Waals surface area contributed by atoms with Gasteiger partial charge in [0.05, 0.1) is 21.5 Å². The van der Waals surface area contributed by atoms with Gasteiger partial charge in [-0.2, -0.15) is 0 Å². The zero-order chi connectivity index (χ0) is 23.6. The highest BCUT2D eigenvalue weighted by molar-refractivity contribution is 7.12. The van der Waals surface area contributed by atoms with E-state index in [9.17, 15) is 24.0 Å². The number of nitrogens with zero attached hydrogens (tertiary/aromatic N) is 4. The number of hydrogen-bond acceptors (Lipinski definition) is 9. The summed E-state index contributed by atoms with van der Waals surface area (Å²) in [5, 5.41) is 2.80. The van der Waals surface area contributed by atoms with Crippen LogP contribution in [0.4, 0.5) is 0 Å². The Hall–Kier alpha value is -4.35. The predicted molar refractivity (Wildman–Crippen MR) is 129 cm³/mol. The van der Waals surface area contributed by atoms with Crippen molar-refractivity contribution in [2.24, 2.45) is 0 Å². The SMILES string of the molecule is O=C(c1ccccc1)c1c2c(=O)n(-c3nccs3)c(=O)c2cc2c(=O)n(-c3nccs3)c(=O)c12. The molecule has 164 valence electrons. The van der Waals surface area contributed by atoms with Gasteiger partial charge in [0.2, 0.25) is 0 Å². The standard InChI is InChI=1S/C23H10N4O5S2/c28-17(11-4-2-1-3-5-11)16-14-12(18(29)26(20(14)31)22-24-6-8-33-22)10-13-15(16)21(32)27(19(13)30)23-25-7-9-34-23/h1-10H. The molecule has 0 aliphatic rings. The van der Waals surface area contributed by atoms with Gasteiger partial charge in [0, 0.05) is 34.3 Å². The Morgan fingerprint density at radius 2 is 1.21 bits per heavy atom. The largest absolute Gasteiger partial charge is 0.289 e. The molecular weight excluding hydrogens is 476 g/mol. The Morgan fingerprint density at radius 3 is 1.65 bits per heavy atom. The second-order valence-electron chi connectivity index (χ2n) is 7.31. The Labute approximate surface area is 196 Å². The predicted octanol–water partition coefficient (Wildman–Crippen LogP) is 2.03. The molecule has 4 heterocycles. The molecule has 6 rings (SSSR count). The number of rotatable bonds is 4. The van der Waals surface area contributed by atoms with Crippen LogP contribution in [0.25, 0.3) is 31.8 Å². The Kier molecular flexibility index (Phi) is 4.37. The number of thiazole rings is 2. The average Bonchev–Trinajstić information content (AvgIpc) is 3.64. The highest BCUT2D eigenvalue weighted by Gasteiger charge is 2.30. The number of carbonyl (C=O) groups excluding carboxylic acids is 1. The summed E-state index contributed by atoms with van der Waals surface area (Å²) in [5.41, 5.74) is -3.04. The van der Waals surface area contributed by atoms with Crippen molar-refractivity contribution < 1.29 is 4.79 Å².